The van der Waals surface area contributed by atoms with Crippen molar-refractivity contribution in [3.05, 3.63) is 64.8 Å². The highest BCUT2D eigenvalue weighted by Gasteiger charge is 2.52. The summed E-state index contributed by atoms with van der Waals surface area (Å²) in [7, 11) is 1.05. The molecule has 1 aliphatic carbocycles. The summed E-state index contributed by atoms with van der Waals surface area (Å²) < 4.78 is 36.9. The second-order valence-electron chi connectivity index (χ2n) is 11.6. The zero-order chi connectivity index (χ0) is 36.4. The van der Waals surface area contributed by atoms with Crippen molar-refractivity contribution in [2.24, 2.45) is 0 Å². The minimum absolute atomic E-state index is 0.0396. The predicted molar refractivity (Wildman–Crippen MR) is 160 cm³/mol. The summed E-state index contributed by atoms with van der Waals surface area (Å²) in [4.78, 5) is 23.8. The molecule has 19 heteroatoms. The van der Waals surface area contributed by atoms with E-state index in [1.807, 2.05) is 0 Å². The Morgan fingerprint density at radius 1 is 0.840 bits per heavy atom. The van der Waals surface area contributed by atoms with Gasteiger partial charge in [0.1, 0.15) is 73.4 Å². The number of methoxy groups -OCH3 is 1. The van der Waals surface area contributed by atoms with Crippen LogP contribution >= 0.6 is 0 Å². The number of aliphatic hydroxyl groups excluding tert-OH is 8. The van der Waals surface area contributed by atoms with Crippen molar-refractivity contribution in [3.63, 3.8) is 0 Å². The molecule has 3 heterocycles. The van der Waals surface area contributed by atoms with Gasteiger partial charge < -0.3 is 84.2 Å². The maximum absolute atomic E-state index is 12.2. The lowest BCUT2D eigenvalue weighted by molar-refractivity contribution is -0.356. The van der Waals surface area contributed by atoms with Gasteiger partial charge in [0, 0.05) is 18.2 Å². The molecule has 2 saturated heterocycles. The van der Waals surface area contributed by atoms with Gasteiger partial charge in [0.25, 0.3) is 0 Å². The van der Waals surface area contributed by atoms with Crippen molar-refractivity contribution in [1.82, 2.24) is 0 Å². The fraction of sp³-hybridized carbons (Fsp3) is 0.484. The molecule has 274 valence electrons. The monoisotopic (exact) mass is 713 g/mol. The van der Waals surface area contributed by atoms with Crippen molar-refractivity contribution in [1.29, 1.82) is 0 Å². The minimum Gasteiger partial charge on any atom is -0.571 e. The van der Waals surface area contributed by atoms with E-state index < -0.39 is 116 Å². The van der Waals surface area contributed by atoms with Gasteiger partial charge in [-0.3, -0.25) is 9.59 Å². The van der Waals surface area contributed by atoms with E-state index in [4.69, 9.17) is 23.7 Å². The number of fused-ring (bicyclic) bond motifs is 1. The molecule has 1 aromatic rings. The third-order valence-electron chi connectivity index (χ3n) is 8.21. The van der Waals surface area contributed by atoms with Crippen LogP contribution in [0, 0.1) is 0 Å². The van der Waals surface area contributed by atoms with Crippen molar-refractivity contribution in [2.75, 3.05) is 20.3 Å². The van der Waals surface area contributed by atoms with Gasteiger partial charge in [0.05, 0.1) is 30.9 Å². The summed E-state index contributed by atoms with van der Waals surface area (Å²) in [6, 6.07) is 3.64. The highest BCUT2D eigenvalue weighted by Crippen LogP contribution is 2.39. The number of carbonyl (C=O) groups is 2. The quantitative estimate of drug-likeness (QED) is 0.0509. The van der Waals surface area contributed by atoms with Gasteiger partial charge in [-0.15, -0.1) is 0 Å². The first kappa shape index (κ1) is 36.8. The van der Waals surface area contributed by atoms with Crippen molar-refractivity contribution in [2.45, 2.75) is 73.9 Å². The lowest BCUT2D eigenvalue weighted by atomic mass is 9.96. The molecule has 11 N–H and O–H groups in total. The Balaban J connectivity index is 1.49. The third kappa shape index (κ3) is 7.65. The van der Waals surface area contributed by atoms with Crippen LogP contribution in [0.4, 0.5) is 0 Å². The van der Waals surface area contributed by atoms with Crippen molar-refractivity contribution >= 4 is 17.7 Å². The SMILES string of the molecule is COC(=O)CC(=O)OC[C@H]1O[C@@H](OC2=C(c3ccc(O)c(O)c3)[OH+]C3C=C(O)C=C(O)C3=C2)[C@H](O)[C@@H](O[C@@H]2O[C@H](CO)[C@@H](O)[C@H](O)[C@H]2O)[C@@H]1O. The van der Waals surface area contributed by atoms with Gasteiger partial charge in [-0.2, -0.15) is 0 Å². The Bertz CT molecular complexity index is 1560. The van der Waals surface area contributed by atoms with Crippen LogP contribution in [-0.2, 0) is 38.0 Å². The van der Waals surface area contributed by atoms with Crippen molar-refractivity contribution in [3.8, 4) is 11.5 Å². The Hall–Kier alpha value is -4.44. The lowest BCUT2D eigenvalue weighted by Gasteiger charge is -2.46. The number of hydrogen-bond donors (Lipinski definition) is 10. The standard InChI is InChI=1S/C31H36O19/c1-44-21(37)8-22(38)45-10-20-24(40)29(50-30-26(42)25(41)23(39)19(9-32)48-30)27(43)31(49-20)47-18-7-13-15(35)5-12(33)6-17(13)46-28(18)11-2-3-14(34)16(36)4-11/h2-7,17,19-20,23-27,29-36,39-43H,8-10H2,1H3/p+1/t17?,19-,20-,23-,24-,25+,26-,27-,29+,30+,31-/m1/s1. The second-order valence-corrected chi connectivity index (χ2v) is 11.6. The molecule has 50 heavy (non-hydrogen) atoms. The predicted octanol–water partition coefficient (Wildman–Crippen LogP) is -2.74. The van der Waals surface area contributed by atoms with E-state index in [-0.39, 0.29) is 28.4 Å². The average Bonchev–Trinajstić information content (AvgIpc) is 3.08. The van der Waals surface area contributed by atoms with Crippen LogP contribution in [0.15, 0.2) is 59.3 Å². The summed E-state index contributed by atoms with van der Waals surface area (Å²) in [6.07, 6.45) is -16.1. The van der Waals surface area contributed by atoms with Crippen LogP contribution in [0.25, 0.3) is 5.76 Å². The number of allylic oxidation sites excluding steroid dienone is 2. The zero-order valence-corrected chi connectivity index (χ0v) is 26.1. The summed E-state index contributed by atoms with van der Waals surface area (Å²) in [5.41, 5.74) is 0.276. The first-order valence-electron chi connectivity index (χ1n) is 15.1. The Morgan fingerprint density at radius 3 is 2.24 bits per heavy atom. The van der Waals surface area contributed by atoms with Crippen LogP contribution in [-0.4, -0.2) is 156 Å². The van der Waals surface area contributed by atoms with Crippen LogP contribution in [0.5, 0.6) is 11.5 Å². The van der Waals surface area contributed by atoms with Gasteiger partial charge in [-0.1, -0.05) is 0 Å². The molecule has 0 spiro atoms. The molecule has 19 nitrogen and oxygen atoms in total. The smallest absolute Gasteiger partial charge is 0.317 e. The van der Waals surface area contributed by atoms with E-state index >= 15 is 0 Å². The Morgan fingerprint density at radius 2 is 1.56 bits per heavy atom. The van der Waals surface area contributed by atoms with Gasteiger partial charge in [-0.25, -0.2) is 0 Å². The van der Waals surface area contributed by atoms with Gasteiger partial charge in [-0.05, 0) is 12.1 Å². The molecule has 2 fully saturated rings. The summed E-state index contributed by atoms with van der Waals surface area (Å²) in [6.45, 7) is -1.57. The number of aliphatic hydroxyl groups is 10. The first-order chi connectivity index (χ1) is 23.7. The highest BCUT2D eigenvalue weighted by molar-refractivity contribution is 5.91. The number of carbonyl (C=O) groups excluding carboxylic acids is 2. The summed E-state index contributed by atoms with van der Waals surface area (Å²) in [5.74, 6) is -3.95. The van der Waals surface area contributed by atoms with E-state index in [0.717, 1.165) is 25.3 Å². The van der Waals surface area contributed by atoms with E-state index in [9.17, 15) is 60.7 Å². The van der Waals surface area contributed by atoms with Crippen molar-refractivity contribution < 1.29 is 93.8 Å². The molecule has 0 aromatic heterocycles. The molecule has 0 bridgehead atoms. The second kappa shape index (κ2) is 15.2. The molecular weight excluding hydrogens is 676 g/mol. The fourth-order valence-corrected chi connectivity index (χ4v) is 5.50. The Kier molecular flexibility index (Phi) is 11.2. The van der Waals surface area contributed by atoms with E-state index in [1.165, 1.54) is 18.2 Å². The molecule has 1 unspecified atom stereocenters. The van der Waals surface area contributed by atoms with Crippen LogP contribution in [0.3, 0.4) is 0 Å². The summed E-state index contributed by atoms with van der Waals surface area (Å²) >= 11 is 0. The molecule has 0 saturated carbocycles. The largest absolute Gasteiger partial charge is 0.571 e. The van der Waals surface area contributed by atoms with E-state index in [1.54, 1.807) is 0 Å². The van der Waals surface area contributed by atoms with E-state index in [0.29, 0.717) is 0 Å². The number of hydrogen-bond acceptors (Lipinski definition) is 18. The maximum atomic E-state index is 12.2. The number of esters is 2. The molecule has 5 rings (SSSR count). The lowest BCUT2D eigenvalue weighted by Crippen LogP contribution is -2.65. The van der Waals surface area contributed by atoms with Crippen LogP contribution < -0.4 is 0 Å². The van der Waals surface area contributed by atoms with Gasteiger partial charge in [0.15, 0.2) is 17.8 Å². The highest BCUT2D eigenvalue weighted by atomic mass is 16.7. The average molecular weight is 714 g/mol. The maximum Gasteiger partial charge on any atom is 0.317 e. The fourth-order valence-electron chi connectivity index (χ4n) is 5.50. The molecule has 4 aliphatic rings. The Labute approximate surface area is 282 Å². The third-order valence-corrected chi connectivity index (χ3v) is 8.21. The van der Waals surface area contributed by atoms with Gasteiger partial charge in [0.2, 0.25) is 18.2 Å². The molecule has 1 aromatic carbocycles. The summed E-state index contributed by atoms with van der Waals surface area (Å²) in [5, 5.41) is 104. The molecule has 0 radical (unpaired) electrons. The number of aromatic hydroxyl groups is 2. The molecule has 0 amide bonds. The molecule has 3 aliphatic heterocycles. The normalized spacial score (nSPS) is 34.0. The topological polar surface area (TPSA) is 305 Å². The van der Waals surface area contributed by atoms with E-state index in [2.05, 4.69) is 9.47 Å². The first-order valence-corrected chi connectivity index (χ1v) is 15.1. The van der Waals surface area contributed by atoms with Crippen LogP contribution in [0.2, 0.25) is 0 Å². The van der Waals surface area contributed by atoms with Crippen LogP contribution in [0.1, 0.15) is 12.0 Å². The number of rotatable bonds is 10. The zero-order valence-electron chi connectivity index (χ0n) is 26.1. The number of benzene rings is 1. The minimum atomic E-state index is -1.99. The molecule has 11 atom stereocenters. The molecular formula is C31H37O19+. The number of phenols is 2. The van der Waals surface area contributed by atoms with Gasteiger partial charge >= 0.3 is 17.7 Å². The number of ether oxygens (including phenoxy) is 7. The number of phenolic OH excluding ortho intramolecular Hbond substituents is 2.